The first-order valence-corrected chi connectivity index (χ1v) is 18.8. The van der Waals surface area contributed by atoms with E-state index in [4.69, 9.17) is 19.6 Å². The fraction of sp³-hybridized carbons (Fsp3) is 0.667. The number of carbonyl (C=O) groups is 3. The molecule has 5 aliphatic carbocycles. The minimum atomic E-state index is -0.644. The third-order valence-electron chi connectivity index (χ3n) is 15.7. The van der Waals surface area contributed by atoms with Crippen molar-refractivity contribution in [3.63, 3.8) is 0 Å². The number of amides is 1. The smallest absolute Gasteiger partial charge is 0.374 e. The van der Waals surface area contributed by atoms with Crippen LogP contribution in [0, 0.1) is 50.2 Å². The van der Waals surface area contributed by atoms with E-state index < -0.39 is 17.3 Å². The molecule has 0 bridgehead atoms. The molecular formula is C42H55NO7. The summed E-state index contributed by atoms with van der Waals surface area (Å²) in [5, 5.41) is 0.448. The number of ether oxygens (including phenoxy) is 2. The van der Waals surface area contributed by atoms with E-state index in [2.05, 4.69) is 47.6 Å². The number of fused-ring (bicyclic) bond motifs is 8. The fourth-order valence-corrected chi connectivity index (χ4v) is 12.4. The third-order valence-corrected chi connectivity index (χ3v) is 15.7. The van der Waals surface area contributed by atoms with Crippen molar-refractivity contribution >= 4 is 28.8 Å². The number of benzene rings is 1. The lowest BCUT2D eigenvalue weighted by Gasteiger charge is -2.71. The largest absolute Gasteiger partial charge is 0.456 e. The van der Waals surface area contributed by atoms with Gasteiger partial charge in [0.25, 0.3) is 5.91 Å². The average molecular weight is 686 g/mol. The van der Waals surface area contributed by atoms with Crippen LogP contribution in [0.4, 0.5) is 0 Å². The monoisotopic (exact) mass is 685 g/mol. The van der Waals surface area contributed by atoms with Gasteiger partial charge >= 0.3 is 11.9 Å². The Morgan fingerprint density at radius 1 is 0.900 bits per heavy atom. The first-order valence-electron chi connectivity index (χ1n) is 18.8. The summed E-state index contributed by atoms with van der Waals surface area (Å²) in [5.74, 6) is -0.440. The Kier molecular flexibility index (Phi) is 8.08. The molecule has 4 saturated carbocycles. The minimum Gasteiger partial charge on any atom is -0.456 e. The highest BCUT2D eigenvalue weighted by molar-refractivity contribution is 5.89. The second-order valence-corrected chi connectivity index (χ2v) is 18.5. The summed E-state index contributed by atoms with van der Waals surface area (Å²) in [6, 6.07) is 8.23. The molecule has 4 fully saturated rings. The first-order chi connectivity index (χ1) is 23.4. The molecule has 8 nitrogen and oxygen atoms in total. The average Bonchev–Trinajstić information content (AvgIpc) is 3.06. The van der Waals surface area contributed by atoms with E-state index in [1.807, 2.05) is 6.92 Å². The zero-order valence-corrected chi connectivity index (χ0v) is 31.0. The van der Waals surface area contributed by atoms with Gasteiger partial charge in [0, 0.05) is 11.5 Å². The van der Waals surface area contributed by atoms with Crippen LogP contribution in [0.15, 0.2) is 51.2 Å². The van der Waals surface area contributed by atoms with Gasteiger partial charge in [-0.25, -0.2) is 4.79 Å². The summed E-state index contributed by atoms with van der Waals surface area (Å²) in [6.45, 7) is 16.2. The molecule has 9 atom stereocenters. The Hall–Kier alpha value is -3.42. The van der Waals surface area contributed by atoms with Crippen molar-refractivity contribution in [3.8, 4) is 0 Å². The zero-order chi connectivity index (χ0) is 36.1. The first kappa shape index (κ1) is 35.0. The van der Waals surface area contributed by atoms with Gasteiger partial charge in [0.1, 0.15) is 11.7 Å². The van der Waals surface area contributed by atoms with E-state index >= 15 is 0 Å². The maximum absolute atomic E-state index is 13.5. The standard InChI is InChI=1S/C42H55NO7/c1-37(2)31-14-17-42(7)32(40(31,5)16-15-33(37)50-35(46)30-22-28(44)25-10-8-9-11-29(25)49-30)13-12-26-27-23-39(4,36(47)48-24-34(43)45)19-18-38(27,3)20-21-41(26,42)6/h8-12,22,27,31-33H,13-21,23-24H2,1-7H3,(H2,43,45)/t27-,31-,32+,33-,38+,39-,40-,41+,42+/m0/s1. The van der Waals surface area contributed by atoms with E-state index in [0.29, 0.717) is 22.8 Å². The molecule has 0 spiro atoms. The SMILES string of the molecule is CC1(C)[C@@H](OC(=O)c2cc(=O)c3ccccc3o2)CC[C@]2(C)[C@H]3CC=C4[C@@H]5C[C@@](C)(C(=O)OCC(N)=O)CC[C@]5(C)CC[C@@]4(C)[C@]3(C)CC[C@@H]12. The van der Waals surface area contributed by atoms with Crippen LogP contribution >= 0.6 is 0 Å². The van der Waals surface area contributed by atoms with Crippen LogP contribution < -0.4 is 11.2 Å². The number of allylic oxidation sites excluding steroid dienone is 2. The van der Waals surface area contributed by atoms with Gasteiger partial charge in [-0.15, -0.1) is 0 Å². The molecule has 0 radical (unpaired) electrons. The van der Waals surface area contributed by atoms with Crippen LogP contribution in [0.2, 0.25) is 0 Å². The third kappa shape index (κ3) is 5.04. The van der Waals surface area contributed by atoms with Crippen molar-refractivity contribution in [2.45, 2.75) is 119 Å². The summed E-state index contributed by atoms with van der Waals surface area (Å²) < 4.78 is 17.5. The number of nitrogens with two attached hydrogens (primary N) is 1. The van der Waals surface area contributed by atoms with Crippen molar-refractivity contribution in [1.82, 2.24) is 0 Å². The van der Waals surface area contributed by atoms with Gasteiger partial charge in [0.15, 0.2) is 12.0 Å². The lowest BCUT2D eigenvalue weighted by Crippen LogP contribution is -2.64. The summed E-state index contributed by atoms with van der Waals surface area (Å²) >= 11 is 0. The summed E-state index contributed by atoms with van der Waals surface area (Å²) in [5.41, 5.74) is 6.35. The van der Waals surface area contributed by atoms with Gasteiger partial charge in [-0.1, -0.05) is 65.3 Å². The highest BCUT2D eigenvalue weighted by Gasteiger charge is 2.68. The van der Waals surface area contributed by atoms with Crippen LogP contribution in [-0.4, -0.2) is 30.6 Å². The quantitative estimate of drug-likeness (QED) is 0.249. The predicted octanol–water partition coefficient (Wildman–Crippen LogP) is 8.15. The molecule has 1 amide bonds. The molecule has 0 saturated heterocycles. The Morgan fingerprint density at radius 3 is 2.36 bits per heavy atom. The van der Waals surface area contributed by atoms with Gasteiger partial charge in [-0.2, -0.15) is 0 Å². The maximum atomic E-state index is 13.5. The number of para-hydroxylation sites is 1. The number of hydrogen-bond donors (Lipinski definition) is 1. The molecule has 1 aromatic carbocycles. The Bertz CT molecular complexity index is 1840. The molecule has 1 heterocycles. The number of hydrogen-bond acceptors (Lipinski definition) is 7. The molecule has 270 valence electrons. The molecule has 1 aromatic heterocycles. The lowest BCUT2D eigenvalue weighted by atomic mass is 9.33. The van der Waals surface area contributed by atoms with Gasteiger partial charge in [0.2, 0.25) is 5.76 Å². The number of primary amides is 1. The molecular weight excluding hydrogens is 630 g/mol. The molecule has 50 heavy (non-hydrogen) atoms. The topological polar surface area (TPSA) is 126 Å². The lowest BCUT2D eigenvalue weighted by molar-refractivity contribution is -0.204. The Labute approximate surface area is 295 Å². The van der Waals surface area contributed by atoms with Gasteiger partial charge < -0.3 is 19.6 Å². The Balaban J connectivity index is 1.15. The summed E-state index contributed by atoms with van der Waals surface area (Å²) in [6.07, 6.45) is 11.9. The van der Waals surface area contributed by atoms with Crippen LogP contribution in [0.5, 0.6) is 0 Å². The minimum absolute atomic E-state index is 0.00450. The van der Waals surface area contributed by atoms with Crippen molar-refractivity contribution in [2.75, 3.05) is 6.61 Å². The van der Waals surface area contributed by atoms with Crippen LogP contribution in [0.25, 0.3) is 11.0 Å². The maximum Gasteiger partial charge on any atom is 0.374 e. The van der Waals surface area contributed by atoms with Crippen LogP contribution in [-0.2, 0) is 19.1 Å². The molecule has 5 aliphatic rings. The van der Waals surface area contributed by atoms with E-state index in [-0.39, 0.29) is 62.9 Å². The fourth-order valence-electron chi connectivity index (χ4n) is 12.4. The van der Waals surface area contributed by atoms with Crippen molar-refractivity contribution in [1.29, 1.82) is 0 Å². The van der Waals surface area contributed by atoms with Crippen molar-refractivity contribution in [2.24, 2.45) is 56.0 Å². The molecule has 2 aromatic rings. The highest BCUT2D eigenvalue weighted by atomic mass is 16.6. The number of carbonyl (C=O) groups excluding carboxylic acids is 3. The van der Waals surface area contributed by atoms with Crippen molar-refractivity contribution < 1.29 is 28.3 Å². The second kappa shape index (κ2) is 11.5. The second-order valence-electron chi connectivity index (χ2n) is 18.5. The van der Waals surface area contributed by atoms with Gasteiger partial charge in [0.05, 0.1) is 10.8 Å². The highest BCUT2D eigenvalue weighted by Crippen LogP contribution is 2.75. The van der Waals surface area contributed by atoms with Gasteiger partial charge in [-0.05, 0) is 123 Å². The number of esters is 2. The zero-order valence-electron chi connectivity index (χ0n) is 31.0. The molecule has 0 aliphatic heterocycles. The van der Waals surface area contributed by atoms with E-state index in [1.165, 1.54) is 6.07 Å². The normalized spacial score (nSPS) is 40.3. The predicted molar refractivity (Wildman–Crippen MR) is 191 cm³/mol. The van der Waals surface area contributed by atoms with E-state index in [1.54, 1.807) is 29.8 Å². The summed E-state index contributed by atoms with van der Waals surface area (Å²) in [7, 11) is 0. The van der Waals surface area contributed by atoms with Crippen LogP contribution in [0.3, 0.4) is 0 Å². The van der Waals surface area contributed by atoms with Crippen molar-refractivity contribution in [3.05, 3.63) is 58.0 Å². The van der Waals surface area contributed by atoms with Gasteiger partial charge in [-0.3, -0.25) is 14.4 Å². The number of rotatable bonds is 5. The molecule has 8 heteroatoms. The summed E-state index contributed by atoms with van der Waals surface area (Å²) in [4.78, 5) is 51.0. The van der Waals surface area contributed by atoms with E-state index in [0.717, 1.165) is 64.2 Å². The molecule has 7 rings (SSSR count). The Morgan fingerprint density at radius 2 is 1.62 bits per heavy atom. The molecule has 2 N–H and O–H groups in total. The molecule has 0 unspecified atom stereocenters. The van der Waals surface area contributed by atoms with E-state index in [9.17, 15) is 19.2 Å². The van der Waals surface area contributed by atoms with Crippen LogP contribution in [0.1, 0.15) is 123 Å².